The largest absolute Gasteiger partial charge is 0.481 e. The number of carboxylic acids is 1. The van der Waals surface area contributed by atoms with Crippen molar-refractivity contribution < 1.29 is 18.3 Å². The maximum absolute atomic E-state index is 12.2. The van der Waals surface area contributed by atoms with Crippen LogP contribution in [0.1, 0.15) is 24.7 Å². The lowest BCUT2D eigenvalue weighted by molar-refractivity contribution is -0.137. The molecule has 0 fully saturated rings. The summed E-state index contributed by atoms with van der Waals surface area (Å²) in [5, 5.41) is 12.8. The minimum absolute atomic E-state index is 0.101. The fourth-order valence-electron chi connectivity index (χ4n) is 1.78. The molecule has 0 amide bonds. The van der Waals surface area contributed by atoms with E-state index in [1.54, 1.807) is 20.8 Å². The predicted octanol–water partition coefficient (Wildman–Crippen LogP) is 0.829. The van der Waals surface area contributed by atoms with E-state index < -0.39 is 16.0 Å². The molecule has 0 aliphatic rings. The van der Waals surface area contributed by atoms with E-state index in [4.69, 9.17) is 5.11 Å². The Balaban J connectivity index is 3.06. The number of aromatic nitrogens is 2. The number of nitrogens with one attached hydrogen (secondary N) is 1. The summed E-state index contributed by atoms with van der Waals surface area (Å²) in [7, 11) is -3.68. The molecule has 7 nitrogen and oxygen atoms in total. The van der Waals surface area contributed by atoms with Crippen LogP contribution in [-0.4, -0.2) is 35.8 Å². The number of nitrogens with zero attached hydrogens (tertiary/aromatic N) is 2. The van der Waals surface area contributed by atoms with Crippen LogP contribution in [0, 0.1) is 13.8 Å². The molecule has 0 aromatic carbocycles. The second-order valence-electron chi connectivity index (χ2n) is 4.65. The van der Waals surface area contributed by atoms with Crippen LogP contribution < -0.4 is 4.72 Å². The second kappa shape index (κ2) is 6.19. The molecule has 0 aliphatic carbocycles. The quantitative estimate of drug-likeness (QED) is 0.726. The van der Waals surface area contributed by atoms with Gasteiger partial charge in [0.25, 0.3) is 0 Å². The van der Waals surface area contributed by atoms with Gasteiger partial charge in [0.2, 0.25) is 10.0 Å². The van der Waals surface area contributed by atoms with Crippen LogP contribution in [0.25, 0.3) is 0 Å². The molecular formula is C12H19N3O4S. The molecule has 2 N–H and O–H groups in total. The van der Waals surface area contributed by atoms with Gasteiger partial charge >= 0.3 is 5.97 Å². The summed E-state index contributed by atoms with van der Waals surface area (Å²) in [5.41, 5.74) is 1.47. The number of rotatable bonds is 7. The van der Waals surface area contributed by atoms with E-state index >= 15 is 0 Å². The van der Waals surface area contributed by atoms with Gasteiger partial charge in [-0.3, -0.25) is 9.48 Å². The van der Waals surface area contributed by atoms with Crippen molar-refractivity contribution in [2.24, 2.45) is 0 Å². The topological polar surface area (TPSA) is 101 Å². The highest BCUT2D eigenvalue weighted by Gasteiger charge is 2.24. The predicted molar refractivity (Wildman–Crippen MR) is 74.0 cm³/mol. The van der Waals surface area contributed by atoms with E-state index in [0.29, 0.717) is 17.0 Å². The molecule has 20 heavy (non-hydrogen) atoms. The van der Waals surface area contributed by atoms with E-state index in [1.165, 1.54) is 4.68 Å². The zero-order valence-electron chi connectivity index (χ0n) is 11.8. The van der Waals surface area contributed by atoms with Gasteiger partial charge in [0.05, 0.1) is 24.4 Å². The van der Waals surface area contributed by atoms with Gasteiger partial charge in [-0.15, -0.1) is 0 Å². The summed E-state index contributed by atoms with van der Waals surface area (Å²) in [6.07, 6.45) is -0.110. The molecule has 0 atom stereocenters. The molecule has 1 aromatic heterocycles. The maximum Gasteiger partial charge on any atom is 0.305 e. The van der Waals surface area contributed by atoms with Gasteiger partial charge in [0.15, 0.2) is 0 Å². The van der Waals surface area contributed by atoms with Crippen LogP contribution >= 0.6 is 0 Å². The number of hydrogen-bond acceptors (Lipinski definition) is 4. The third kappa shape index (κ3) is 3.91. The Hall–Kier alpha value is -1.67. The molecule has 8 heteroatoms. The third-order valence-electron chi connectivity index (χ3n) is 2.69. The fraction of sp³-hybridized carbons (Fsp3) is 0.500. The zero-order valence-corrected chi connectivity index (χ0v) is 12.6. The number of aliphatic carboxylic acids is 1. The van der Waals surface area contributed by atoms with Crippen LogP contribution in [-0.2, 0) is 21.4 Å². The van der Waals surface area contributed by atoms with Crippen LogP contribution in [0.15, 0.2) is 17.0 Å². The monoisotopic (exact) mass is 301 g/mol. The van der Waals surface area contributed by atoms with Gasteiger partial charge < -0.3 is 5.11 Å². The lowest BCUT2D eigenvalue weighted by Crippen LogP contribution is -2.26. The Bertz CT molecular complexity index is 631. The highest BCUT2D eigenvalue weighted by Crippen LogP contribution is 2.19. The van der Waals surface area contributed by atoms with Crippen molar-refractivity contribution in [3.63, 3.8) is 0 Å². The Morgan fingerprint density at radius 2 is 2.05 bits per heavy atom. The van der Waals surface area contributed by atoms with Gasteiger partial charge in [0.1, 0.15) is 4.90 Å². The number of hydrogen-bond donors (Lipinski definition) is 2. The van der Waals surface area contributed by atoms with E-state index in [-0.39, 0.29) is 24.4 Å². The van der Waals surface area contributed by atoms with Crippen molar-refractivity contribution >= 4 is 16.0 Å². The lowest BCUT2D eigenvalue weighted by atomic mass is 10.4. The van der Waals surface area contributed by atoms with E-state index in [0.717, 1.165) is 0 Å². The highest BCUT2D eigenvalue weighted by atomic mass is 32.2. The summed E-state index contributed by atoms with van der Waals surface area (Å²) in [6.45, 7) is 8.84. The zero-order chi connectivity index (χ0) is 15.5. The van der Waals surface area contributed by atoms with Crippen molar-refractivity contribution in [1.29, 1.82) is 0 Å². The molecule has 0 aliphatic heterocycles. The van der Waals surface area contributed by atoms with Crippen LogP contribution in [0.5, 0.6) is 0 Å². The van der Waals surface area contributed by atoms with E-state index in [9.17, 15) is 13.2 Å². The third-order valence-corrected chi connectivity index (χ3v) is 4.34. The number of aryl methyl sites for hydroxylation is 2. The molecule has 0 spiro atoms. The summed E-state index contributed by atoms with van der Waals surface area (Å²) in [6, 6.07) is 0. The Morgan fingerprint density at radius 3 is 2.55 bits per heavy atom. The SMILES string of the molecule is C=C(C)CNS(=O)(=O)c1c(C)nn(CCC(=O)O)c1C. The Kier molecular flexibility index (Phi) is 5.07. The van der Waals surface area contributed by atoms with Crippen LogP contribution in [0.4, 0.5) is 0 Å². The van der Waals surface area contributed by atoms with Gasteiger partial charge in [-0.2, -0.15) is 5.10 Å². The van der Waals surface area contributed by atoms with Gasteiger partial charge in [0, 0.05) is 6.54 Å². The molecule has 0 radical (unpaired) electrons. The molecule has 1 heterocycles. The van der Waals surface area contributed by atoms with E-state index in [2.05, 4.69) is 16.4 Å². The molecular weight excluding hydrogens is 282 g/mol. The fourth-order valence-corrected chi connectivity index (χ4v) is 3.28. The molecule has 0 saturated carbocycles. The van der Waals surface area contributed by atoms with Crippen LogP contribution in [0.3, 0.4) is 0 Å². The van der Waals surface area contributed by atoms with Gasteiger partial charge in [-0.05, 0) is 20.8 Å². The van der Waals surface area contributed by atoms with Gasteiger partial charge in [-0.25, -0.2) is 13.1 Å². The maximum atomic E-state index is 12.2. The molecule has 0 bridgehead atoms. The molecule has 0 unspecified atom stereocenters. The number of sulfonamides is 1. The first-order valence-electron chi connectivity index (χ1n) is 6.05. The minimum Gasteiger partial charge on any atom is -0.481 e. The van der Waals surface area contributed by atoms with E-state index in [1.807, 2.05) is 0 Å². The van der Waals surface area contributed by atoms with Crippen molar-refractivity contribution in [3.05, 3.63) is 23.5 Å². The smallest absolute Gasteiger partial charge is 0.305 e. The first kappa shape index (κ1) is 16.4. The summed E-state index contributed by atoms with van der Waals surface area (Å²) >= 11 is 0. The molecule has 0 saturated heterocycles. The average molecular weight is 301 g/mol. The first-order valence-corrected chi connectivity index (χ1v) is 7.53. The normalized spacial score (nSPS) is 11.6. The summed E-state index contributed by atoms with van der Waals surface area (Å²) in [5.74, 6) is -0.956. The van der Waals surface area contributed by atoms with Gasteiger partial charge in [-0.1, -0.05) is 12.2 Å². The second-order valence-corrected chi connectivity index (χ2v) is 6.35. The molecule has 1 aromatic rings. The number of carboxylic acid groups (broad SMARTS) is 1. The highest BCUT2D eigenvalue weighted by molar-refractivity contribution is 7.89. The van der Waals surface area contributed by atoms with Crippen molar-refractivity contribution in [3.8, 4) is 0 Å². The number of carbonyl (C=O) groups is 1. The average Bonchev–Trinajstić information content (AvgIpc) is 2.59. The lowest BCUT2D eigenvalue weighted by Gasteiger charge is -2.07. The molecule has 112 valence electrons. The van der Waals surface area contributed by atoms with Crippen molar-refractivity contribution in [2.75, 3.05) is 6.54 Å². The van der Waals surface area contributed by atoms with Crippen molar-refractivity contribution in [2.45, 2.75) is 38.6 Å². The minimum atomic E-state index is -3.68. The van der Waals surface area contributed by atoms with Crippen LogP contribution in [0.2, 0.25) is 0 Å². The Labute approximate surface area is 118 Å². The summed E-state index contributed by atoms with van der Waals surface area (Å²) in [4.78, 5) is 10.7. The first-order chi connectivity index (χ1) is 9.15. The standard InChI is InChI=1S/C12H19N3O4S/c1-8(2)7-13-20(18,19)12-9(3)14-15(10(12)4)6-5-11(16)17/h13H,1,5-7H2,2-4H3,(H,16,17). The summed E-state index contributed by atoms with van der Waals surface area (Å²) < 4.78 is 28.3. The Morgan fingerprint density at radius 1 is 1.45 bits per heavy atom. The molecule has 1 rings (SSSR count). The van der Waals surface area contributed by atoms with Crippen molar-refractivity contribution in [1.82, 2.24) is 14.5 Å².